The molecule has 0 saturated heterocycles. The molecule has 0 unspecified atom stereocenters. The molecule has 2 aromatic heterocycles. The van der Waals surface area contributed by atoms with Gasteiger partial charge in [-0.1, -0.05) is 42.5 Å². The average Bonchev–Trinajstić information content (AvgIpc) is 3.66. The van der Waals surface area contributed by atoms with Gasteiger partial charge in [0, 0.05) is 48.1 Å². The summed E-state index contributed by atoms with van der Waals surface area (Å²) < 4.78 is 24.9. The van der Waals surface area contributed by atoms with Gasteiger partial charge in [0.2, 0.25) is 0 Å². The van der Waals surface area contributed by atoms with Gasteiger partial charge >= 0.3 is 0 Å². The second-order valence-corrected chi connectivity index (χ2v) is 10.6. The van der Waals surface area contributed by atoms with Crippen molar-refractivity contribution >= 4 is 32.2 Å². The molecule has 0 N–H and O–H groups in total. The van der Waals surface area contributed by atoms with Crippen LogP contribution in [0.4, 0.5) is 0 Å². The van der Waals surface area contributed by atoms with Crippen molar-refractivity contribution in [1.29, 1.82) is 0 Å². The van der Waals surface area contributed by atoms with Crippen LogP contribution in [-0.4, -0.2) is 35.7 Å². The molecular formula is C27H22N2O4S. The molecular weight excluding hydrogens is 448 g/mol. The fourth-order valence-corrected chi connectivity index (χ4v) is 5.47. The first kappa shape index (κ1) is 22.1. The van der Waals surface area contributed by atoms with Crippen molar-refractivity contribution in [2.24, 2.45) is 5.92 Å². The molecule has 2 heterocycles. The van der Waals surface area contributed by atoms with Crippen LogP contribution in [0.25, 0.3) is 10.8 Å². The van der Waals surface area contributed by atoms with E-state index in [9.17, 15) is 18.0 Å². The van der Waals surface area contributed by atoms with E-state index in [0.717, 1.165) is 28.3 Å². The second kappa shape index (κ2) is 8.91. The van der Waals surface area contributed by atoms with Crippen molar-refractivity contribution in [1.82, 2.24) is 9.97 Å². The third-order valence-electron chi connectivity index (χ3n) is 6.26. The molecule has 4 aromatic rings. The van der Waals surface area contributed by atoms with Gasteiger partial charge in [-0.3, -0.25) is 19.6 Å². The minimum absolute atomic E-state index is 0.0272. The zero-order chi connectivity index (χ0) is 23.7. The third-order valence-corrected chi connectivity index (χ3v) is 7.86. The molecule has 0 amide bonds. The van der Waals surface area contributed by atoms with Gasteiger partial charge in [0.15, 0.2) is 15.6 Å². The maximum Gasteiger partial charge on any atom is 0.187 e. The molecule has 6 nitrogen and oxygen atoms in total. The fourth-order valence-electron chi connectivity index (χ4n) is 4.28. The Morgan fingerprint density at radius 3 is 2.44 bits per heavy atom. The molecule has 1 aliphatic rings. The van der Waals surface area contributed by atoms with E-state index >= 15 is 0 Å². The molecule has 170 valence electrons. The Morgan fingerprint density at radius 1 is 0.882 bits per heavy atom. The first-order valence-electron chi connectivity index (χ1n) is 11.0. The minimum atomic E-state index is -3.75. The lowest BCUT2D eigenvalue weighted by molar-refractivity contribution is -0.119. The molecule has 34 heavy (non-hydrogen) atoms. The number of carbonyl (C=O) groups excluding carboxylic acids is 2. The number of Topliss-reactive ketones (excluding diaryl/α,β-unsaturated/α-hetero) is 2. The largest absolute Gasteiger partial charge is 0.299 e. The van der Waals surface area contributed by atoms with Crippen LogP contribution in [-0.2, 0) is 21.1 Å². The van der Waals surface area contributed by atoms with Crippen LogP contribution < -0.4 is 0 Å². The van der Waals surface area contributed by atoms with E-state index in [1.165, 1.54) is 24.5 Å². The van der Waals surface area contributed by atoms with E-state index in [1.807, 2.05) is 36.4 Å². The Hall–Kier alpha value is -3.71. The molecule has 0 bridgehead atoms. The average molecular weight is 471 g/mol. The van der Waals surface area contributed by atoms with E-state index in [0.29, 0.717) is 12.0 Å². The van der Waals surface area contributed by atoms with Crippen molar-refractivity contribution in [3.8, 4) is 0 Å². The summed E-state index contributed by atoms with van der Waals surface area (Å²) in [6.07, 6.45) is 7.45. The van der Waals surface area contributed by atoms with Crippen LogP contribution in [0.2, 0.25) is 0 Å². The maximum absolute atomic E-state index is 12.8. The summed E-state index contributed by atoms with van der Waals surface area (Å²) in [6.45, 7) is 0. The van der Waals surface area contributed by atoms with Crippen LogP contribution in [0.1, 0.15) is 33.8 Å². The lowest BCUT2D eigenvalue weighted by Gasteiger charge is -2.06. The number of sulfone groups is 1. The highest BCUT2D eigenvalue weighted by Crippen LogP contribution is 2.48. The van der Waals surface area contributed by atoms with Gasteiger partial charge in [-0.05, 0) is 47.1 Å². The number of aromatic nitrogens is 2. The molecule has 2 aromatic carbocycles. The standard InChI is InChI=1S/C27H22N2O4S/c30-26(13-18-3-4-22-15-29-11-9-21(22)12-18)25-14-24(25)19-5-7-20(8-6-19)27(31)17-34(32,33)23-2-1-10-28-16-23/h1-12,15-16,24-25H,13-14,17H2/t24-,25+/m0/s1. The van der Waals surface area contributed by atoms with Crippen LogP contribution in [0.5, 0.6) is 0 Å². The summed E-state index contributed by atoms with van der Waals surface area (Å²) in [6, 6.07) is 17.8. The highest BCUT2D eigenvalue weighted by atomic mass is 32.2. The minimum Gasteiger partial charge on any atom is -0.299 e. The molecule has 1 fully saturated rings. The number of rotatable bonds is 8. The molecule has 1 aliphatic carbocycles. The van der Waals surface area contributed by atoms with Crippen LogP contribution in [0, 0.1) is 5.92 Å². The SMILES string of the molecule is O=C(CS(=O)(=O)c1cccnc1)c1ccc([C@@H]2C[C@H]2C(=O)Cc2ccc3cnccc3c2)cc1. The third kappa shape index (κ3) is 4.65. The predicted molar refractivity (Wildman–Crippen MR) is 128 cm³/mol. The van der Waals surface area contributed by atoms with Gasteiger partial charge in [-0.25, -0.2) is 8.42 Å². The molecule has 2 atom stereocenters. The topological polar surface area (TPSA) is 94.1 Å². The number of benzene rings is 2. The van der Waals surface area contributed by atoms with E-state index in [-0.39, 0.29) is 22.5 Å². The van der Waals surface area contributed by atoms with Crippen LogP contribution in [0.15, 0.2) is 90.3 Å². The summed E-state index contributed by atoms with van der Waals surface area (Å²) in [7, 11) is -3.75. The number of pyridine rings is 2. The van der Waals surface area contributed by atoms with Crippen LogP contribution >= 0.6 is 0 Å². The van der Waals surface area contributed by atoms with Gasteiger partial charge in [-0.15, -0.1) is 0 Å². The van der Waals surface area contributed by atoms with Crippen molar-refractivity contribution in [2.75, 3.05) is 5.75 Å². The molecule has 0 aliphatic heterocycles. The Bertz CT molecular complexity index is 1480. The van der Waals surface area contributed by atoms with Gasteiger partial charge in [-0.2, -0.15) is 0 Å². The number of hydrogen-bond donors (Lipinski definition) is 0. The number of carbonyl (C=O) groups is 2. The molecule has 1 saturated carbocycles. The monoisotopic (exact) mass is 470 g/mol. The van der Waals surface area contributed by atoms with Crippen molar-refractivity contribution in [3.63, 3.8) is 0 Å². The smallest absolute Gasteiger partial charge is 0.187 e. The lowest BCUT2D eigenvalue weighted by atomic mass is 10.00. The number of hydrogen-bond acceptors (Lipinski definition) is 6. The van der Waals surface area contributed by atoms with E-state index in [2.05, 4.69) is 9.97 Å². The summed E-state index contributed by atoms with van der Waals surface area (Å²) in [5.41, 5.74) is 2.32. The second-order valence-electron chi connectivity index (χ2n) is 8.64. The van der Waals surface area contributed by atoms with Crippen molar-refractivity contribution in [3.05, 3.63) is 102 Å². The molecule has 0 radical (unpaired) electrons. The van der Waals surface area contributed by atoms with Crippen molar-refractivity contribution < 1.29 is 18.0 Å². The van der Waals surface area contributed by atoms with Gasteiger partial charge < -0.3 is 0 Å². The highest BCUT2D eigenvalue weighted by molar-refractivity contribution is 7.92. The summed E-state index contributed by atoms with van der Waals surface area (Å²) >= 11 is 0. The van der Waals surface area contributed by atoms with E-state index in [1.54, 1.807) is 24.5 Å². The van der Waals surface area contributed by atoms with E-state index < -0.39 is 21.4 Å². The predicted octanol–water partition coefficient (Wildman–Crippen LogP) is 4.20. The van der Waals surface area contributed by atoms with E-state index in [4.69, 9.17) is 0 Å². The zero-order valence-corrected chi connectivity index (χ0v) is 19.1. The Kier molecular flexibility index (Phi) is 5.79. The fraction of sp³-hybridized carbons (Fsp3) is 0.185. The Balaban J connectivity index is 1.21. The number of ketones is 2. The number of nitrogens with zero attached hydrogens (tertiary/aromatic N) is 2. The Morgan fingerprint density at radius 2 is 1.68 bits per heavy atom. The zero-order valence-electron chi connectivity index (χ0n) is 18.3. The summed E-state index contributed by atoms with van der Waals surface area (Å²) in [5.74, 6) is -0.753. The lowest BCUT2D eigenvalue weighted by Crippen LogP contribution is -2.16. The summed E-state index contributed by atoms with van der Waals surface area (Å²) in [4.78, 5) is 33.3. The first-order chi connectivity index (χ1) is 16.4. The Labute approximate surface area is 197 Å². The normalized spacial score (nSPS) is 17.4. The highest BCUT2D eigenvalue weighted by Gasteiger charge is 2.43. The summed E-state index contributed by atoms with van der Waals surface area (Å²) in [5, 5.41) is 2.12. The van der Waals surface area contributed by atoms with Crippen molar-refractivity contribution in [2.45, 2.75) is 23.7 Å². The quantitative estimate of drug-likeness (QED) is 0.358. The van der Waals surface area contributed by atoms with Gasteiger partial charge in [0.1, 0.15) is 11.5 Å². The van der Waals surface area contributed by atoms with Gasteiger partial charge in [0.05, 0.1) is 4.90 Å². The molecule has 7 heteroatoms. The van der Waals surface area contributed by atoms with Crippen LogP contribution in [0.3, 0.4) is 0 Å². The molecule has 0 spiro atoms. The molecule has 5 rings (SSSR count). The first-order valence-corrected chi connectivity index (χ1v) is 12.7. The number of fused-ring (bicyclic) bond motifs is 1. The maximum atomic E-state index is 12.8. The van der Waals surface area contributed by atoms with Gasteiger partial charge in [0.25, 0.3) is 0 Å².